The predicted molar refractivity (Wildman–Crippen MR) is 110 cm³/mol. The van der Waals surface area contributed by atoms with Gasteiger partial charge in [0.15, 0.2) is 0 Å². The number of hydrogen-bond acceptors (Lipinski definition) is 5. The number of nitrogens with two attached hydrogens (primary N) is 1. The highest BCUT2D eigenvalue weighted by atomic mass is 32.1. The summed E-state index contributed by atoms with van der Waals surface area (Å²) in [6, 6.07) is 11.0. The lowest BCUT2D eigenvalue weighted by Gasteiger charge is -2.29. The molecule has 7 nitrogen and oxygen atoms in total. The van der Waals surface area contributed by atoms with Crippen molar-refractivity contribution in [3.05, 3.63) is 52.2 Å². The maximum Gasteiger partial charge on any atom is 0.312 e. The molecule has 2 heterocycles. The Balaban J connectivity index is 1.57. The van der Waals surface area contributed by atoms with Gasteiger partial charge in [0.05, 0.1) is 25.7 Å². The predicted octanol–water partition coefficient (Wildman–Crippen LogP) is 2.34. The molecule has 1 aromatic carbocycles. The Kier molecular flexibility index (Phi) is 6.89. The van der Waals surface area contributed by atoms with Crippen LogP contribution in [-0.4, -0.2) is 50.2 Å². The lowest BCUT2D eigenvalue weighted by molar-refractivity contribution is -0.130. The van der Waals surface area contributed by atoms with E-state index in [1.165, 1.54) is 17.0 Å². The number of urea groups is 1. The lowest BCUT2D eigenvalue weighted by atomic mass is 10.1. The highest BCUT2D eigenvalue weighted by Gasteiger charge is 2.21. The van der Waals surface area contributed by atoms with E-state index in [2.05, 4.69) is 22.3 Å². The number of hydrogen-bond donors (Lipinski definition) is 2. The fraction of sp³-hybridized carbons (Fsp3) is 0.400. The quantitative estimate of drug-likeness (QED) is 0.744. The van der Waals surface area contributed by atoms with Gasteiger partial charge in [0, 0.05) is 37.2 Å². The number of benzene rings is 1. The van der Waals surface area contributed by atoms with Crippen LogP contribution in [0, 0.1) is 0 Å². The summed E-state index contributed by atoms with van der Waals surface area (Å²) in [6.07, 6.45) is 0.172. The van der Waals surface area contributed by atoms with Crippen LogP contribution in [0.25, 0.3) is 0 Å². The molecule has 0 radical (unpaired) electrons. The van der Waals surface area contributed by atoms with Crippen molar-refractivity contribution in [2.24, 2.45) is 5.73 Å². The van der Waals surface area contributed by atoms with Crippen molar-refractivity contribution < 1.29 is 14.3 Å². The van der Waals surface area contributed by atoms with E-state index in [-0.39, 0.29) is 12.3 Å². The largest absolute Gasteiger partial charge is 0.378 e. The van der Waals surface area contributed by atoms with Gasteiger partial charge in [-0.2, -0.15) is 0 Å². The second-order valence-electron chi connectivity index (χ2n) is 6.80. The van der Waals surface area contributed by atoms with Gasteiger partial charge in [-0.05, 0) is 29.1 Å². The standard InChI is InChI=1S/C20H26N4O3S/c1-23(19(25)13-17(22-20(21)26)18-3-2-12-28-18)14-15-4-6-16(7-5-15)24-8-10-27-11-9-24/h2-7,12,17H,8-11,13-14H2,1H3,(H3,21,22,26). The summed E-state index contributed by atoms with van der Waals surface area (Å²) in [7, 11) is 1.77. The molecule has 0 spiro atoms. The molecule has 0 bridgehead atoms. The molecule has 3 rings (SSSR count). The number of rotatable bonds is 7. The molecule has 150 valence electrons. The molecule has 2 aromatic rings. The van der Waals surface area contributed by atoms with E-state index in [0.717, 1.165) is 36.7 Å². The van der Waals surface area contributed by atoms with Crippen molar-refractivity contribution in [3.8, 4) is 0 Å². The zero-order valence-corrected chi connectivity index (χ0v) is 16.8. The van der Waals surface area contributed by atoms with Crippen molar-refractivity contribution in [1.29, 1.82) is 0 Å². The van der Waals surface area contributed by atoms with Crippen LogP contribution in [0.5, 0.6) is 0 Å². The second-order valence-corrected chi connectivity index (χ2v) is 7.78. The Morgan fingerprint density at radius 3 is 2.57 bits per heavy atom. The Bertz CT molecular complexity index is 773. The molecule has 1 aromatic heterocycles. The van der Waals surface area contributed by atoms with E-state index >= 15 is 0 Å². The average molecular weight is 403 g/mol. The number of anilines is 1. The Labute approximate surface area is 169 Å². The summed E-state index contributed by atoms with van der Waals surface area (Å²) >= 11 is 1.49. The van der Waals surface area contributed by atoms with Crippen molar-refractivity contribution >= 4 is 29.0 Å². The van der Waals surface area contributed by atoms with Gasteiger partial charge in [-0.3, -0.25) is 4.79 Å². The van der Waals surface area contributed by atoms with E-state index in [9.17, 15) is 9.59 Å². The fourth-order valence-corrected chi connectivity index (χ4v) is 3.99. The van der Waals surface area contributed by atoms with Gasteiger partial charge in [-0.25, -0.2) is 4.79 Å². The normalized spacial score (nSPS) is 15.1. The smallest absolute Gasteiger partial charge is 0.312 e. The van der Waals surface area contributed by atoms with Crippen molar-refractivity contribution in [3.63, 3.8) is 0 Å². The minimum atomic E-state index is -0.632. The van der Waals surface area contributed by atoms with Gasteiger partial charge in [0.25, 0.3) is 0 Å². The van der Waals surface area contributed by atoms with Crippen molar-refractivity contribution in [2.75, 3.05) is 38.3 Å². The molecule has 0 aliphatic carbocycles. The number of thiophene rings is 1. The van der Waals surface area contributed by atoms with Gasteiger partial charge in [0.2, 0.25) is 5.91 Å². The first-order valence-electron chi connectivity index (χ1n) is 9.28. The van der Waals surface area contributed by atoms with E-state index < -0.39 is 12.1 Å². The molecule has 28 heavy (non-hydrogen) atoms. The van der Waals surface area contributed by atoms with Gasteiger partial charge in [-0.15, -0.1) is 11.3 Å². The van der Waals surface area contributed by atoms with Crippen LogP contribution in [0.1, 0.15) is 22.9 Å². The summed E-state index contributed by atoms with van der Waals surface area (Å²) < 4.78 is 5.39. The number of morpholine rings is 1. The monoisotopic (exact) mass is 402 g/mol. The molecule has 8 heteroatoms. The van der Waals surface area contributed by atoms with Crippen molar-refractivity contribution in [2.45, 2.75) is 19.0 Å². The van der Waals surface area contributed by atoms with Crippen LogP contribution >= 0.6 is 11.3 Å². The Hall–Kier alpha value is -2.58. The molecule has 3 amide bonds. The molecule has 1 atom stereocenters. The summed E-state index contributed by atoms with van der Waals surface area (Å²) in [5, 5.41) is 4.57. The molecule has 1 unspecified atom stereocenters. The number of carbonyl (C=O) groups excluding carboxylic acids is 2. The zero-order valence-electron chi connectivity index (χ0n) is 16.0. The maximum atomic E-state index is 12.7. The third kappa shape index (κ3) is 5.46. The number of nitrogens with one attached hydrogen (secondary N) is 1. The Morgan fingerprint density at radius 1 is 1.25 bits per heavy atom. The van der Waals surface area contributed by atoms with E-state index in [1.807, 2.05) is 29.6 Å². The molecule has 1 aliphatic rings. The van der Waals surface area contributed by atoms with Gasteiger partial charge in [0.1, 0.15) is 0 Å². The summed E-state index contributed by atoms with van der Waals surface area (Å²) in [5.41, 5.74) is 7.50. The summed E-state index contributed by atoms with van der Waals surface area (Å²) in [6.45, 7) is 3.81. The van der Waals surface area contributed by atoms with E-state index in [0.29, 0.717) is 6.54 Å². The zero-order chi connectivity index (χ0) is 19.9. The van der Waals surface area contributed by atoms with Crippen LogP contribution in [0.3, 0.4) is 0 Å². The molecule has 3 N–H and O–H groups in total. The molecule has 1 fully saturated rings. The second kappa shape index (κ2) is 9.57. The topological polar surface area (TPSA) is 87.9 Å². The van der Waals surface area contributed by atoms with Crippen LogP contribution in [-0.2, 0) is 16.1 Å². The minimum Gasteiger partial charge on any atom is -0.378 e. The number of carbonyl (C=O) groups is 2. The SMILES string of the molecule is CN(Cc1ccc(N2CCOCC2)cc1)C(=O)CC(NC(N)=O)c1cccs1. The fourth-order valence-electron chi connectivity index (χ4n) is 3.21. The summed E-state index contributed by atoms with van der Waals surface area (Å²) in [4.78, 5) is 28.8. The third-order valence-electron chi connectivity index (χ3n) is 4.74. The number of ether oxygens (including phenoxy) is 1. The molecule has 1 aliphatic heterocycles. The first-order valence-corrected chi connectivity index (χ1v) is 10.2. The molecule has 0 saturated carbocycles. The van der Waals surface area contributed by atoms with Gasteiger partial charge >= 0.3 is 6.03 Å². The molecular formula is C20H26N4O3S. The Morgan fingerprint density at radius 2 is 1.96 bits per heavy atom. The lowest BCUT2D eigenvalue weighted by Crippen LogP contribution is -2.37. The van der Waals surface area contributed by atoms with E-state index in [4.69, 9.17) is 10.5 Å². The average Bonchev–Trinajstić information content (AvgIpc) is 3.23. The van der Waals surface area contributed by atoms with Gasteiger partial charge in [-0.1, -0.05) is 18.2 Å². The number of amides is 3. The minimum absolute atomic E-state index is 0.0515. The third-order valence-corrected chi connectivity index (χ3v) is 5.73. The van der Waals surface area contributed by atoms with Crippen LogP contribution in [0.15, 0.2) is 41.8 Å². The maximum absolute atomic E-state index is 12.7. The molecule has 1 saturated heterocycles. The van der Waals surface area contributed by atoms with Crippen LogP contribution in [0.4, 0.5) is 10.5 Å². The van der Waals surface area contributed by atoms with Gasteiger partial charge < -0.3 is 25.6 Å². The van der Waals surface area contributed by atoms with Crippen LogP contribution in [0.2, 0.25) is 0 Å². The first-order chi connectivity index (χ1) is 13.5. The molecular weight excluding hydrogens is 376 g/mol. The van der Waals surface area contributed by atoms with Crippen molar-refractivity contribution in [1.82, 2.24) is 10.2 Å². The highest BCUT2D eigenvalue weighted by molar-refractivity contribution is 7.10. The van der Waals surface area contributed by atoms with E-state index in [1.54, 1.807) is 11.9 Å². The summed E-state index contributed by atoms with van der Waals surface area (Å²) in [5.74, 6) is -0.0515. The number of primary amides is 1. The number of nitrogens with zero attached hydrogens (tertiary/aromatic N) is 2. The highest BCUT2D eigenvalue weighted by Crippen LogP contribution is 2.23. The first kappa shape index (κ1) is 20.2. The van der Waals surface area contributed by atoms with Crippen LogP contribution < -0.4 is 16.0 Å².